The molecule has 26 heavy (non-hydrogen) atoms. The molecule has 0 aliphatic carbocycles. The number of nitrogens with zero attached hydrogens (tertiary/aromatic N) is 1. The number of nitrogens with one attached hydrogen (secondary N) is 2. The average molecular weight is 372 g/mol. The third kappa shape index (κ3) is 4.64. The maximum atomic E-state index is 12.9. The van der Waals surface area contributed by atoms with Crippen molar-refractivity contribution in [3.05, 3.63) is 70.7 Å². The fourth-order valence-electron chi connectivity index (χ4n) is 3.54. The number of carbonyl (C=O) groups is 1. The van der Waals surface area contributed by atoms with Crippen molar-refractivity contribution >= 4 is 17.5 Å². The minimum absolute atomic E-state index is 0.0477. The summed E-state index contributed by atoms with van der Waals surface area (Å²) in [5.74, 6) is 0.0774. The fourth-order valence-corrected chi connectivity index (χ4v) is 3.81. The lowest BCUT2D eigenvalue weighted by atomic mass is 9.88. The molecule has 0 spiro atoms. The summed E-state index contributed by atoms with van der Waals surface area (Å²) in [6.07, 6.45) is 1.42. The van der Waals surface area contributed by atoms with E-state index in [1.165, 1.54) is 0 Å². The highest BCUT2D eigenvalue weighted by molar-refractivity contribution is 6.31. The number of carbonyl (C=O) groups excluding carboxylic acids is 1. The smallest absolute Gasteiger partial charge is 0.223 e. The Morgan fingerprint density at radius 1 is 1.15 bits per heavy atom. The van der Waals surface area contributed by atoms with Gasteiger partial charge in [-0.15, -0.1) is 0 Å². The molecule has 0 aromatic heterocycles. The van der Waals surface area contributed by atoms with Gasteiger partial charge in [0.05, 0.1) is 0 Å². The standard InChI is InChI=1S/C21H26ClN3O/c1-15-12-17(24-23-15)14-25(2)21(26)13-19(16-8-4-3-5-9-16)18-10-6-7-11-20(18)22/h3-11,15,17,19,23-24H,12-14H2,1-2H3. The Hall–Kier alpha value is -1.88. The number of benzene rings is 2. The third-order valence-corrected chi connectivity index (χ3v) is 5.30. The minimum atomic E-state index is -0.0477. The van der Waals surface area contributed by atoms with Crippen molar-refractivity contribution < 1.29 is 4.79 Å². The quantitative estimate of drug-likeness (QED) is 0.815. The first-order valence-corrected chi connectivity index (χ1v) is 9.46. The number of hydrazine groups is 1. The lowest BCUT2D eigenvalue weighted by Gasteiger charge is -2.25. The second-order valence-electron chi connectivity index (χ2n) is 7.09. The van der Waals surface area contributed by atoms with Crippen LogP contribution in [-0.2, 0) is 4.79 Å². The molecule has 0 saturated carbocycles. The van der Waals surface area contributed by atoms with E-state index >= 15 is 0 Å². The van der Waals surface area contributed by atoms with Crippen LogP contribution in [0.1, 0.15) is 36.8 Å². The van der Waals surface area contributed by atoms with Gasteiger partial charge in [-0.3, -0.25) is 15.6 Å². The van der Waals surface area contributed by atoms with Crippen LogP contribution in [0.2, 0.25) is 5.02 Å². The fraction of sp³-hybridized carbons (Fsp3) is 0.381. The molecule has 4 nitrogen and oxygen atoms in total. The van der Waals surface area contributed by atoms with E-state index in [2.05, 4.69) is 29.9 Å². The molecular weight excluding hydrogens is 346 g/mol. The molecule has 1 aliphatic rings. The Morgan fingerprint density at radius 3 is 2.50 bits per heavy atom. The van der Waals surface area contributed by atoms with E-state index < -0.39 is 0 Å². The van der Waals surface area contributed by atoms with Gasteiger partial charge < -0.3 is 4.90 Å². The molecular formula is C21H26ClN3O. The molecule has 1 heterocycles. The molecule has 3 atom stereocenters. The second-order valence-corrected chi connectivity index (χ2v) is 7.49. The van der Waals surface area contributed by atoms with Crippen molar-refractivity contribution in [2.75, 3.05) is 13.6 Å². The number of halogens is 1. The van der Waals surface area contributed by atoms with Crippen LogP contribution >= 0.6 is 11.6 Å². The van der Waals surface area contributed by atoms with E-state index in [-0.39, 0.29) is 17.9 Å². The molecule has 0 radical (unpaired) electrons. The Balaban J connectivity index is 1.75. The maximum Gasteiger partial charge on any atom is 0.223 e. The highest BCUT2D eigenvalue weighted by Gasteiger charge is 2.26. The predicted octanol–water partition coefficient (Wildman–Crippen LogP) is 3.58. The van der Waals surface area contributed by atoms with Gasteiger partial charge in [0.15, 0.2) is 0 Å². The highest BCUT2D eigenvalue weighted by atomic mass is 35.5. The zero-order chi connectivity index (χ0) is 18.5. The number of hydrogen-bond acceptors (Lipinski definition) is 3. The Bertz CT molecular complexity index is 737. The van der Waals surface area contributed by atoms with Gasteiger partial charge in [-0.25, -0.2) is 0 Å². The van der Waals surface area contributed by atoms with Crippen LogP contribution in [-0.4, -0.2) is 36.5 Å². The zero-order valence-electron chi connectivity index (χ0n) is 15.3. The van der Waals surface area contributed by atoms with Crippen molar-refractivity contribution in [1.82, 2.24) is 15.8 Å². The first-order chi connectivity index (χ1) is 12.5. The molecule has 2 aromatic rings. The lowest BCUT2D eigenvalue weighted by Crippen LogP contribution is -2.41. The van der Waals surface area contributed by atoms with Crippen LogP contribution in [0.4, 0.5) is 0 Å². The summed E-state index contributed by atoms with van der Waals surface area (Å²) >= 11 is 6.44. The number of rotatable bonds is 6. The zero-order valence-corrected chi connectivity index (χ0v) is 16.0. The molecule has 2 N–H and O–H groups in total. The van der Waals surface area contributed by atoms with Crippen LogP contribution < -0.4 is 10.9 Å². The first-order valence-electron chi connectivity index (χ1n) is 9.09. The van der Waals surface area contributed by atoms with Gasteiger partial charge in [0.25, 0.3) is 0 Å². The van der Waals surface area contributed by atoms with Crippen molar-refractivity contribution in [1.29, 1.82) is 0 Å². The molecule has 5 heteroatoms. The summed E-state index contributed by atoms with van der Waals surface area (Å²) in [4.78, 5) is 14.7. The summed E-state index contributed by atoms with van der Waals surface area (Å²) in [6.45, 7) is 2.83. The maximum absolute atomic E-state index is 12.9. The van der Waals surface area contributed by atoms with Crippen molar-refractivity contribution in [3.8, 4) is 0 Å². The lowest BCUT2D eigenvalue weighted by molar-refractivity contribution is -0.130. The van der Waals surface area contributed by atoms with E-state index in [0.29, 0.717) is 24.0 Å². The number of amides is 1. The average Bonchev–Trinajstić information content (AvgIpc) is 3.05. The largest absolute Gasteiger partial charge is 0.344 e. The van der Waals surface area contributed by atoms with Gasteiger partial charge in [0.1, 0.15) is 0 Å². The van der Waals surface area contributed by atoms with Gasteiger partial charge >= 0.3 is 0 Å². The van der Waals surface area contributed by atoms with E-state index in [0.717, 1.165) is 17.5 Å². The molecule has 0 bridgehead atoms. The SMILES string of the molecule is CC1CC(CN(C)C(=O)CC(c2ccccc2)c2ccccc2Cl)NN1. The van der Waals surface area contributed by atoms with Crippen LogP contribution in [0.25, 0.3) is 0 Å². The van der Waals surface area contributed by atoms with Crippen molar-refractivity contribution in [2.45, 2.75) is 37.8 Å². The Labute approximate surface area is 160 Å². The third-order valence-electron chi connectivity index (χ3n) is 4.95. The Kier molecular flexibility index (Phi) is 6.30. The summed E-state index contributed by atoms with van der Waals surface area (Å²) < 4.78 is 0. The highest BCUT2D eigenvalue weighted by Crippen LogP contribution is 2.33. The van der Waals surface area contributed by atoms with E-state index in [4.69, 9.17) is 11.6 Å². The van der Waals surface area contributed by atoms with Gasteiger partial charge in [-0.05, 0) is 30.5 Å². The van der Waals surface area contributed by atoms with Crippen LogP contribution in [0, 0.1) is 0 Å². The molecule has 3 unspecified atom stereocenters. The summed E-state index contributed by atoms with van der Waals surface area (Å²) in [7, 11) is 1.88. The van der Waals surface area contributed by atoms with Crippen molar-refractivity contribution in [2.24, 2.45) is 0 Å². The van der Waals surface area contributed by atoms with Crippen LogP contribution in [0.15, 0.2) is 54.6 Å². The van der Waals surface area contributed by atoms with Gasteiger partial charge in [0, 0.05) is 43.0 Å². The number of hydrogen-bond donors (Lipinski definition) is 2. The topological polar surface area (TPSA) is 44.4 Å². The van der Waals surface area contributed by atoms with Gasteiger partial charge in [-0.2, -0.15) is 0 Å². The molecule has 1 fully saturated rings. The van der Waals surface area contributed by atoms with Gasteiger partial charge in [0.2, 0.25) is 5.91 Å². The molecule has 2 aromatic carbocycles. The minimum Gasteiger partial charge on any atom is -0.344 e. The van der Waals surface area contributed by atoms with Crippen LogP contribution in [0.3, 0.4) is 0 Å². The normalized spacial score (nSPS) is 20.7. The summed E-state index contributed by atoms with van der Waals surface area (Å²) in [5, 5.41) is 0.701. The monoisotopic (exact) mass is 371 g/mol. The predicted molar refractivity (Wildman–Crippen MR) is 106 cm³/mol. The van der Waals surface area contributed by atoms with Gasteiger partial charge in [-0.1, -0.05) is 60.1 Å². The van der Waals surface area contributed by atoms with Crippen LogP contribution in [0.5, 0.6) is 0 Å². The summed E-state index contributed by atoms with van der Waals surface area (Å²) in [6, 6.07) is 18.6. The first kappa shape index (κ1) is 18.9. The summed E-state index contributed by atoms with van der Waals surface area (Å²) in [5.41, 5.74) is 8.57. The number of likely N-dealkylation sites (N-methyl/N-ethyl adjacent to an activating group) is 1. The molecule has 1 amide bonds. The molecule has 1 aliphatic heterocycles. The van der Waals surface area contributed by atoms with E-state index in [1.54, 1.807) is 0 Å². The molecule has 138 valence electrons. The van der Waals surface area contributed by atoms with Crippen molar-refractivity contribution in [3.63, 3.8) is 0 Å². The van der Waals surface area contributed by atoms with E-state index in [9.17, 15) is 4.79 Å². The Morgan fingerprint density at radius 2 is 1.85 bits per heavy atom. The molecule has 1 saturated heterocycles. The second kappa shape index (κ2) is 8.67. The van der Waals surface area contributed by atoms with E-state index in [1.807, 2.05) is 54.4 Å². The molecule has 3 rings (SSSR count).